The zero-order valence-corrected chi connectivity index (χ0v) is 10.8. The molecule has 0 spiro atoms. The van der Waals surface area contributed by atoms with Crippen molar-refractivity contribution < 1.29 is 9.53 Å². The molecule has 1 rings (SSSR count). The molecule has 0 heterocycles. The summed E-state index contributed by atoms with van der Waals surface area (Å²) in [5.74, 6) is -0.443. The van der Waals surface area contributed by atoms with Crippen molar-refractivity contribution in [3.63, 3.8) is 0 Å². The minimum Gasteiger partial charge on any atom is -0.469 e. The lowest BCUT2D eigenvalue weighted by atomic mass is 10.1. The minimum atomic E-state index is -0.229. The van der Waals surface area contributed by atoms with Gasteiger partial charge in [0.05, 0.1) is 25.5 Å². The number of benzene rings is 1. The summed E-state index contributed by atoms with van der Waals surface area (Å²) in [5, 5.41) is 8.68. The van der Waals surface area contributed by atoms with Crippen LogP contribution in [-0.4, -0.2) is 26.2 Å². The van der Waals surface area contributed by atoms with Gasteiger partial charge in [0, 0.05) is 18.8 Å². The van der Waals surface area contributed by atoms with Crippen LogP contribution in [0.3, 0.4) is 0 Å². The highest BCUT2D eigenvalue weighted by atomic mass is 16.5. The number of carbonyl (C=O) groups is 1. The fraction of sp³-hybridized carbons (Fsp3) is 0.429. The number of hydrogen-bond donors (Lipinski definition) is 0. The van der Waals surface area contributed by atoms with Crippen LogP contribution in [0.25, 0.3) is 0 Å². The largest absolute Gasteiger partial charge is 0.469 e. The Morgan fingerprint density at radius 3 is 2.67 bits per heavy atom. The number of carbonyl (C=O) groups excluding carboxylic acids is 1. The Morgan fingerprint density at radius 1 is 1.44 bits per heavy atom. The Kier molecular flexibility index (Phi) is 5.72. The summed E-state index contributed by atoms with van der Waals surface area (Å²) in [6, 6.07) is 11.9. The molecule has 4 heteroatoms. The molecule has 0 amide bonds. The van der Waals surface area contributed by atoms with E-state index in [0.29, 0.717) is 19.5 Å². The molecule has 0 bridgehead atoms. The van der Waals surface area contributed by atoms with Gasteiger partial charge in [0.25, 0.3) is 0 Å². The van der Waals surface area contributed by atoms with Crippen LogP contribution >= 0.6 is 0 Å². The molecule has 0 radical (unpaired) electrons. The Morgan fingerprint density at radius 2 is 2.11 bits per heavy atom. The van der Waals surface area contributed by atoms with Gasteiger partial charge in [-0.05, 0) is 12.1 Å². The van der Waals surface area contributed by atoms with Crippen LogP contribution < -0.4 is 4.90 Å². The van der Waals surface area contributed by atoms with Gasteiger partial charge in [-0.3, -0.25) is 4.79 Å². The van der Waals surface area contributed by atoms with Gasteiger partial charge in [0.15, 0.2) is 0 Å². The number of nitrogens with zero attached hydrogens (tertiary/aromatic N) is 2. The molecule has 1 aromatic carbocycles. The van der Waals surface area contributed by atoms with Crippen LogP contribution in [0.1, 0.15) is 13.3 Å². The van der Waals surface area contributed by atoms with Gasteiger partial charge in [-0.15, -0.1) is 0 Å². The van der Waals surface area contributed by atoms with Crippen LogP contribution in [0.15, 0.2) is 30.3 Å². The SMILES string of the molecule is COC(=O)C(C)CN(CCC#N)c1ccccc1. The van der Waals surface area contributed by atoms with Crippen molar-refractivity contribution in [3.8, 4) is 6.07 Å². The van der Waals surface area contributed by atoms with Crippen molar-refractivity contribution >= 4 is 11.7 Å². The van der Waals surface area contributed by atoms with Crippen LogP contribution in [0.5, 0.6) is 0 Å². The summed E-state index contributed by atoms with van der Waals surface area (Å²) >= 11 is 0. The number of nitriles is 1. The molecule has 0 aromatic heterocycles. The molecule has 0 aliphatic heterocycles. The molecule has 0 aliphatic carbocycles. The van der Waals surface area contributed by atoms with E-state index in [2.05, 4.69) is 6.07 Å². The topological polar surface area (TPSA) is 53.3 Å². The molecular weight excluding hydrogens is 228 g/mol. The molecule has 0 N–H and O–H groups in total. The highest BCUT2D eigenvalue weighted by Gasteiger charge is 2.17. The van der Waals surface area contributed by atoms with Crippen molar-refractivity contribution in [2.75, 3.05) is 25.1 Å². The lowest BCUT2D eigenvalue weighted by Crippen LogP contribution is -2.33. The summed E-state index contributed by atoms with van der Waals surface area (Å²) in [7, 11) is 1.39. The maximum absolute atomic E-state index is 11.4. The Bertz CT molecular complexity index is 412. The van der Waals surface area contributed by atoms with Crippen LogP contribution in [-0.2, 0) is 9.53 Å². The maximum Gasteiger partial charge on any atom is 0.310 e. The van der Waals surface area contributed by atoms with Gasteiger partial charge in [0.2, 0.25) is 0 Å². The molecule has 0 saturated carbocycles. The van der Waals surface area contributed by atoms with Crippen LogP contribution in [0, 0.1) is 17.2 Å². The second-order valence-electron chi connectivity index (χ2n) is 4.11. The fourth-order valence-electron chi connectivity index (χ4n) is 1.76. The molecule has 1 unspecified atom stereocenters. The van der Waals surface area contributed by atoms with E-state index in [-0.39, 0.29) is 11.9 Å². The summed E-state index contributed by atoms with van der Waals surface area (Å²) in [6.07, 6.45) is 0.433. The van der Waals surface area contributed by atoms with E-state index >= 15 is 0 Å². The van der Waals surface area contributed by atoms with Gasteiger partial charge in [0.1, 0.15) is 0 Å². The molecule has 0 fully saturated rings. The highest BCUT2D eigenvalue weighted by molar-refractivity contribution is 5.72. The number of ether oxygens (including phenoxy) is 1. The standard InChI is InChI=1S/C14H18N2O2/c1-12(14(17)18-2)11-16(10-6-9-15)13-7-4-3-5-8-13/h3-5,7-8,12H,6,10-11H2,1-2H3. The van der Waals surface area contributed by atoms with E-state index < -0.39 is 0 Å². The quantitative estimate of drug-likeness (QED) is 0.722. The van der Waals surface area contributed by atoms with E-state index in [1.807, 2.05) is 42.2 Å². The third-order valence-corrected chi connectivity index (χ3v) is 2.71. The predicted molar refractivity (Wildman–Crippen MR) is 70.1 cm³/mol. The van der Waals surface area contributed by atoms with Crippen molar-refractivity contribution in [1.82, 2.24) is 0 Å². The van der Waals surface area contributed by atoms with E-state index in [9.17, 15) is 4.79 Å². The number of methoxy groups -OCH3 is 1. The lowest BCUT2D eigenvalue weighted by Gasteiger charge is -2.26. The summed E-state index contributed by atoms with van der Waals surface area (Å²) in [5.41, 5.74) is 1.02. The smallest absolute Gasteiger partial charge is 0.310 e. The number of rotatable bonds is 6. The van der Waals surface area contributed by atoms with Crippen molar-refractivity contribution in [1.29, 1.82) is 5.26 Å². The first kappa shape index (κ1) is 14.0. The molecule has 0 aliphatic rings. The first-order valence-corrected chi connectivity index (χ1v) is 5.93. The molecule has 0 saturated heterocycles. The van der Waals surface area contributed by atoms with Gasteiger partial charge in [-0.25, -0.2) is 0 Å². The molecular formula is C14H18N2O2. The third-order valence-electron chi connectivity index (χ3n) is 2.71. The first-order chi connectivity index (χ1) is 8.69. The molecule has 18 heavy (non-hydrogen) atoms. The zero-order chi connectivity index (χ0) is 13.4. The highest BCUT2D eigenvalue weighted by Crippen LogP contribution is 2.16. The zero-order valence-electron chi connectivity index (χ0n) is 10.8. The number of hydrogen-bond acceptors (Lipinski definition) is 4. The van der Waals surface area contributed by atoms with Crippen molar-refractivity contribution in [2.24, 2.45) is 5.92 Å². The summed E-state index contributed by atoms with van der Waals surface area (Å²) in [6.45, 7) is 2.99. The summed E-state index contributed by atoms with van der Waals surface area (Å²) < 4.78 is 4.72. The van der Waals surface area contributed by atoms with E-state index in [1.54, 1.807) is 0 Å². The van der Waals surface area contributed by atoms with E-state index in [4.69, 9.17) is 10.00 Å². The Labute approximate surface area is 108 Å². The third kappa shape index (κ3) is 4.10. The Hall–Kier alpha value is -2.02. The fourth-order valence-corrected chi connectivity index (χ4v) is 1.76. The van der Waals surface area contributed by atoms with E-state index in [0.717, 1.165) is 5.69 Å². The predicted octanol–water partition coefficient (Wildman–Crippen LogP) is 2.22. The lowest BCUT2D eigenvalue weighted by molar-refractivity contribution is -0.144. The number of para-hydroxylation sites is 1. The molecule has 1 aromatic rings. The Balaban J connectivity index is 2.73. The van der Waals surface area contributed by atoms with Gasteiger partial charge in [-0.1, -0.05) is 25.1 Å². The maximum atomic E-state index is 11.4. The number of esters is 1. The minimum absolute atomic E-state index is 0.214. The molecule has 1 atom stereocenters. The van der Waals surface area contributed by atoms with Crippen molar-refractivity contribution in [3.05, 3.63) is 30.3 Å². The normalized spacial score (nSPS) is 11.4. The monoisotopic (exact) mass is 246 g/mol. The summed E-state index contributed by atoms with van der Waals surface area (Å²) in [4.78, 5) is 13.5. The van der Waals surface area contributed by atoms with Gasteiger partial charge >= 0.3 is 5.97 Å². The van der Waals surface area contributed by atoms with Crippen LogP contribution in [0.4, 0.5) is 5.69 Å². The second kappa shape index (κ2) is 7.33. The molecule has 96 valence electrons. The average Bonchev–Trinajstić information content (AvgIpc) is 2.43. The number of anilines is 1. The van der Waals surface area contributed by atoms with Gasteiger partial charge in [-0.2, -0.15) is 5.26 Å². The van der Waals surface area contributed by atoms with Gasteiger partial charge < -0.3 is 9.64 Å². The van der Waals surface area contributed by atoms with Crippen LogP contribution in [0.2, 0.25) is 0 Å². The van der Waals surface area contributed by atoms with E-state index in [1.165, 1.54) is 7.11 Å². The molecule has 4 nitrogen and oxygen atoms in total. The second-order valence-corrected chi connectivity index (χ2v) is 4.11. The average molecular weight is 246 g/mol. The first-order valence-electron chi connectivity index (χ1n) is 5.93. The van der Waals surface area contributed by atoms with Crippen molar-refractivity contribution in [2.45, 2.75) is 13.3 Å².